The molecule has 2 amide bonds. The second kappa shape index (κ2) is 10.3. The first-order valence-corrected chi connectivity index (χ1v) is 11.5. The molecule has 0 fully saturated rings. The van der Waals surface area contributed by atoms with E-state index in [0.29, 0.717) is 11.3 Å². The zero-order chi connectivity index (χ0) is 26.7. The summed E-state index contributed by atoms with van der Waals surface area (Å²) in [5, 5.41) is 15.0. The highest BCUT2D eigenvalue weighted by atomic mass is 19.1. The maximum Gasteiger partial charge on any atom is 0.251 e. The molecule has 0 saturated heterocycles. The SMILES string of the molecule is Cc1ccc([C@H](C(=O)NC(C)(C)C)N(C(=O)Cn2nnc(-c3ccc(F)cc3)n2)c2ccc(F)cc2)o1. The lowest BCUT2D eigenvalue weighted by Crippen LogP contribution is -2.50. The molecule has 9 nitrogen and oxygen atoms in total. The molecule has 11 heteroatoms. The maximum absolute atomic E-state index is 13.7. The topological polar surface area (TPSA) is 106 Å². The summed E-state index contributed by atoms with van der Waals surface area (Å²) in [6, 6.07) is 12.8. The van der Waals surface area contributed by atoms with Crippen molar-refractivity contribution in [1.29, 1.82) is 0 Å². The molecule has 192 valence electrons. The quantitative estimate of drug-likeness (QED) is 0.401. The van der Waals surface area contributed by atoms with Gasteiger partial charge in [-0.15, -0.1) is 10.2 Å². The van der Waals surface area contributed by atoms with Crippen LogP contribution in [-0.2, 0) is 16.1 Å². The number of hydrogen-bond donors (Lipinski definition) is 1. The molecule has 2 aromatic carbocycles. The summed E-state index contributed by atoms with van der Waals surface area (Å²) in [7, 11) is 0. The van der Waals surface area contributed by atoms with E-state index in [9.17, 15) is 18.4 Å². The number of rotatable bonds is 7. The number of hydrogen-bond acceptors (Lipinski definition) is 6. The number of carbonyl (C=O) groups is 2. The van der Waals surface area contributed by atoms with Gasteiger partial charge in [0.25, 0.3) is 11.8 Å². The van der Waals surface area contributed by atoms with Crippen LogP contribution in [0.15, 0.2) is 65.1 Å². The van der Waals surface area contributed by atoms with E-state index in [1.54, 1.807) is 19.1 Å². The minimum Gasteiger partial charge on any atom is -0.464 e. The van der Waals surface area contributed by atoms with Crippen LogP contribution in [0.5, 0.6) is 0 Å². The van der Waals surface area contributed by atoms with Crippen molar-refractivity contribution in [2.45, 2.75) is 45.8 Å². The Kier molecular flexibility index (Phi) is 7.14. The van der Waals surface area contributed by atoms with E-state index in [1.807, 2.05) is 20.8 Å². The molecule has 0 spiro atoms. The Morgan fingerprint density at radius 2 is 1.62 bits per heavy atom. The van der Waals surface area contributed by atoms with Crippen LogP contribution in [0.25, 0.3) is 11.4 Å². The van der Waals surface area contributed by atoms with Crippen molar-refractivity contribution in [1.82, 2.24) is 25.5 Å². The van der Waals surface area contributed by atoms with Crippen molar-refractivity contribution in [3.05, 3.63) is 83.8 Å². The molecular formula is C26H26F2N6O3. The Morgan fingerprint density at radius 1 is 1.00 bits per heavy atom. The van der Waals surface area contributed by atoms with Gasteiger partial charge >= 0.3 is 0 Å². The van der Waals surface area contributed by atoms with Crippen molar-refractivity contribution in [3.63, 3.8) is 0 Å². The lowest BCUT2D eigenvalue weighted by Gasteiger charge is -2.32. The van der Waals surface area contributed by atoms with Gasteiger partial charge in [0.1, 0.15) is 29.7 Å². The number of nitrogens with zero attached hydrogens (tertiary/aromatic N) is 5. The third-order valence-corrected chi connectivity index (χ3v) is 5.24. The number of nitrogens with one attached hydrogen (secondary N) is 1. The number of anilines is 1. The third kappa shape index (κ3) is 6.24. The summed E-state index contributed by atoms with van der Waals surface area (Å²) in [6.07, 6.45) is 0. The van der Waals surface area contributed by atoms with Gasteiger partial charge in [0.15, 0.2) is 6.04 Å². The summed E-state index contributed by atoms with van der Waals surface area (Å²) < 4.78 is 32.8. The minimum absolute atomic E-state index is 0.199. The normalized spacial score (nSPS) is 12.3. The highest BCUT2D eigenvalue weighted by Gasteiger charge is 2.37. The Hall–Kier alpha value is -4.41. The van der Waals surface area contributed by atoms with Gasteiger partial charge in [-0.2, -0.15) is 4.80 Å². The number of aromatic nitrogens is 4. The molecule has 0 saturated carbocycles. The summed E-state index contributed by atoms with van der Waals surface area (Å²) in [5.41, 5.74) is 0.184. The van der Waals surface area contributed by atoms with Crippen LogP contribution in [0.3, 0.4) is 0 Å². The number of halogens is 2. The molecule has 1 atom stereocenters. The van der Waals surface area contributed by atoms with Gasteiger partial charge in [-0.1, -0.05) is 0 Å². The minimum atomic E-state index is -1.20. The van der Waals surface area contributed by atoms with E-state index in [-0.39, 0.29) is 23.8 Å². The van der Waals surface area contributed by atoms with E-state index in [1.165, 1.54) is 53.4 Å². The maximum atomic E-state index is 13.7. The zero-order valence-corrected chi connectivity index (χ0v) is 20.8. The van der Waals surface area contributed by atoms with E-state index in [4.69, 9.17) is 4.42 Å². The molecule has 0 aliphatic carbocycles. The number of aryl methyl sites for hydroxylation is 1. The first-order chi connectivity index (χ1) is 17.5. The average Bonchev–Trinajstić information content (AvgIpc) is 3.46. The molecule has 0 unspecified atom stereocenters. The van der Waals surface area contributed by atoms with Crippen LogP contribution < -0.4 is 10.2 Å². The first-order valence-electron chi connectivity index (χ1n) is 11.5. The smallest absolute Gasteiger partial charge is 0.251 e. The van der Waals surface area contributed by atoms with Crippen LogP contribution >= 0.6 is 0 Å². The number of amides is 2. The molecule has 0 aliphatic heterocycles. The molecule has 1 N–H and O–H groups in total. The number of tetrazole rings is 1. The average molecular weight is 509 g/mol. The van der Waals surface area contributed by atoms with Crippen LogP contribution in [0, 0.1) is 18.6 Å². The third-order valence-electron chi connectivity index (χ3n) is 5.24. The van der Waals surface area contributed by atoms with Gasteiger partial charge in [0.2, 0.25) is 5.82 Å². The van der Waals surface area contributed by atoms with Gasteiger partial charge in [-0.05, 0) is 93.6 Å². The summed E-state index contributed by atoms with van der Waals surface area (Å²) in [5.74, 6) is -0.982. The molecule has 2 heterocycles. The van der Waals surface area contributed by atoms with Crippen molar-refractivity contribution in [3.8, 4) is 11.4 Å². The molecule has 2 aromatic heterocycles. The van der Waals surface area contributed by atoms with E-state index in [2.05, 4.69) is 20.7 Å². The van der Waals surface area contributed by atoms with Crippen LogP contribution in [0.2, 0.25) is 0 Å². The highest BCUT2D eigenvalue weighted by molar-refractivity contribution is 6.01. The largest absolute Gasteiger partial charge is 0.464 e. The fourth-order valence-corrected chi connectivity index (χ4v) is 3.67. The van der Waals surface area contributed by atoms with Gasteiger partial charge < -0.3 is 9.73 Å². The van der Waals surface area contributed by atoms with Gasteiger partial charge in [-0.3, -0.25) is 14.5 Å². The molecule has 0 bridgehead atoms. The van der Waals surface area contributed by atoms with E-state index in [0.717, 1.165) is 4.80 Å². The lowest BCUT2D eigenvalue weighted by molar-refractivity contribution is -0.128. The standard InChI is InChI=1S/C26H26F2N6O3/c1-16-5-14-21(37-16)23(25(36)29-26(2,3)4)34(20-12-10-19(28)11-13-20)22(35)15-33-31-24(30-32-33)17-6-8-18(27)9-7-17/h5-14,23H,15H2,1-4H3,(H,29,36)/t23-/m1/s1. The number of carbonyl (C=O) groups excluding carboxylic acids is 2. The molecule has 37 heavy (non-hydrogen) atoms. The van der Waals surface area contributed by atoms with Gasteiger partial charge in [-0.25, -0.2) is 8.78 Å². The fraction of sp³-hybridized carbons (Fsp3) is 0.269. The van der Waals surface area contributed by atoms with Crippen LogP contribution in [-0.4, -0.2) is 37.6 Å². The van der Waals surface area contributed by atoms with Crippen LogP contribution in [0.1, 0.15) is 38.3 Å². The van der Waals surface area contributed by atoms with Gasteiger partial charge in [0, 0.05) is 16.8 Å². The monoisotopic (exact) mass is 508 g/mol. The van der Waals surface area contributed by atoms with E-state index < -0.39 is 35.0 Å². The van der Waals surface area contributed by atoms with Crippen LogP contribution in [0.4, 0.5) is 14.5 Å². The zero-order valence-electron chi connectivity index (χ0n) is 20.8. The Balaban J connectivity index is 1.71. The number of benzene rings is 2. The predicted octanol–water partition coefficient (Wildman–Crippen LogP) is 4.21. The Labute approximate surface area is 212 Å². The van der Waals surface area contributed by atoms with Crippen molar-refractivity contribution in [2.24, 2.45) is 0 Å². The van der Waals surface area contributed by atoms with Crippen molar-refractivity contribution < 1.29 is 22.8 Å². The first kappa shape index (κ1) is 25.7. The van der Waals surface area contributed by atoms with E-state index >= 15 is 0 Å². The Morgan fingerprint density at radius 3 is 2.19 bits per heavy atom. The summed E-state index contributed by atoms with van der Waals surface area (Å²) >= 11 is 0. The predicted molar refractivity (Wildman–Crippen MR) is 131 cm³/mol. The molecule has 4 rings (SSSR count). The lowest BCUT2D eigenvalue weighted by atomic mass is 10.1. The molecule has 0 radical (unpaired) electrons. The van der Waals surface area contributed by atoms with Crippen molar-refractivity contribution in [2.75, 3.05) is 4.90 Å². The summed E-state index contributed by atoms with van der Waals surface area (Å²) in [4.78, 5) is 29.5. The number of furan rings is 1. The van der Waals surface area contributed by atoms with Crippen molar-refractivity contribution >= 4 is 17.5 Å². The molecular weight excluding hydrogens is 482 g/mol. The van der Waals surface area contributed by atoms with Gasteiger partial charge in [0.05, 0.1) is 0 Å². The Bertz CT molecular complexity index is 1390. The second-order valence-electron chi connectivity index (χ2n) is 9.48. The fourth-order valence-electron chi connectivity index (χ4n) is 3.67. The second-order valence-corrected chi connectivity index (χ2v) is 9.48. The molecule has 0 aliphatic rings. The molecule has 4 aromatic rings. The summed E-state index contributed by atoms with van der Waals surface area (Å²) in [6.45, 7) is 6.79. The highest BCUT2D eigenvalue weighted by Crippen LogP contribution is 2.30.